The van der Waals surface area contributed by atoms with Gasteiger partial charge in [0.25, 0.3) is 0 Å². The van der Waals surface area contributed by atoms with Crippen LogP contribution in [0.4, 0.5) is 5.69 Å². The molecule has 0 aromatic carbocycles. The van der Waals surface area contributed by atoms with E-state index in [-0.39, 0.29) is 0 Å². The zero-order valence-electron chi connectivity index (χ0n) is 6.76. The number of hydrogen-bond donors (Lipinski definition) is 0. The molecule has 0 radical (unpaired) electrons. The van der Waals surface area contributed by atoms with E-state index in [1.54, 1.807) is 0 Å². The van der Waals surface area contributed by atoms with E-state index in [1.165, 1.54) is 11.1 Å². The maximum absolute atomic E-state index is 4.27. The Balaban J connectivity index is 2.71. The average molecular weight is 146 g/mol. The number of nitrogens with zero attached hydrogens (tertiary/aromatic N) is 2. The number of aliphatic imine (C=N–C) groups is 1. The fourth-order valence-corrected chi connectivity index (χ4v) is 1.40. The first kappa shape index (κ1) is 6.53. The van der Waals surface area contributed by atoms with Gasteiger partial charge in [0.05, 0.1) is 11.4 Å². The number of hydrogen-bond acceptors (Lipinski definition) is 2. The molecular weight excluding hydrogens is 136 g/mol. The molecule has 2 heterocycles. The molecule has 1 aliphatic heterocycles. The second-order valence-electron chi connectivity index (χ2n) is 2.87. The lowest BCUT2D eigenvalue weighted by atomic mass is 10.1. The average Bonchev–Trinajstić information content (AvgIpc) is 2.45. The largest absolute Gasteiger partial charge is 0.259 e. The van der Waals surface area contributed by atoms with Crippen LogP contribution < -0.4 is 0 Å². The summed E-state index contributed by atoms with van der Waals surface area (Å²) in [6.45, 7) is 4.08. The van der Waals surface area contributed by atoms with Crippen LogP contribution in [0.2, 0.25) is 0 Å². The molecule has 2 heteroatoms. The summed E-state index contributed by atoms with van der Waals surface area (Å²) in [4.78, 5) is 8.51. The van der Waals surface area contributed by atoms with Crippen LogP contribution in [0.5, 0.6) is 0 Å². The lowest BCUT2D eigenvalue weighted by Gasteiger charge is -2.03. The van der Waals surface area contributed by atoms with Gasteiger partial charge in [-0.15, -0.1) is 0 Å². The van der Waals surface area contributed by atoms with Gasteiger partial charge in [0, 0.05) is 18.8 Å². The second-order valence-corrected chi connectivity index (χ2v) is 2.87. The van der Waals surface area contributed by atoms with Crippen molar-refractivity contribution in [1.82, 2.24) is 4.98 Å². The quantitative estimate of drug-likeness (QED) is 0.549. The monoisotopic (exact) mass is 146 g/mol. The standard InChI is InChI=1S/C9H10N2/c1-6-5-11-7(2)9-8(6)3-4-10-9/h4-5H,3H2,1-2H3. The molecule has 0 aliphatic carbocycles. The van der Waals surface area contributed by atoms with Gasteiger partial charge in [-0.1, -0.05) is 0 Å². The Morgan fingerprint density at radius 2 is 2.18 bits per heavy atom. The van der Waals surface area contributed by atoms with Gasteiger partial charge in [-0.05, 0) is 25.0 Å². The second kappa shape index (κ2) is 2.16. The Labute approximate surface area is 66.0 Å². The lowest BCUT2D eigenvalue weighted by molar-refractivity contribution is 1.13. The molecule has 2 rings (SSSR count). The number of pyridine rings is 1. The van der Waals surface area contributed by atoms with Gasteiger partial charge in [0.15, 0.2) is 0 Å². The van der Waals surface area contributed by atoms with E-state index < -0.39 is 0 Å². The van der Waals surface area contributed by atoms with Crippen LogP contribution in [0, 0.1) is 13.8 Å². The van der Waals surface area contributed by atoms with Gasteiger partial charge >= 0.3 is 0 Å². The molecule has 0 N–H and O–H groups in total. The van der Waals surface area contributed by atoms with E-state index >= 15 is 0 Å². The van der Waals surface area contributed by atoms with Crippen molar-refractivity contribution in [1.29, 1.82) is 0 Å². The van der Waals surface area contributed by atoms with Crippen molar-refractivity contribution in [3.05, 3.63) is 23.0 Å². The third-order valence-electron chi connectivity index (χ3n) is 2.07. The molecular formula is C9H10N2. The van der Waals surface area contributed by atoms with Crippen molar-refractivity contribution in [2.24, 2.45) is 4.99 Å². The number of fused-ring (bicyclic) bond motifs is 1. The Kier molecular flexibility index (Phi) is 1.28. The number of aryl methyl sites for hydroxylation is 2. The first-order valence-corrected chi connectivity index (χ1v) is 3.76. The van der Waals surface area contributed by atoms with Crippen LogP contribution in [0.25, 0.3) is 0 Å². The van der Waals surface area contributed by atoms with Crippen molar-refractivity contribution in [3.63, 3.8) is 0 Å². The molecule has 11 heavy (non-hydrogen) atoms. The van der Waals surface area contributed by atoms with Crippen molar-refractivity contribution in [2.45, 2.75) is 20.3 Å². The van der Waals surface area contributed by atoms with E-state index in [0.29, 0.717) is 0 Å². The van der Waals surface area contributed by atoms with Gasteiger partial charge in [0.2, 0.25) is 0 Å². The SMILES string of the molecule is Cc1cnc(C)c2c1CC=N2. The smallest absolute Gasteiger partial charge is 0.0876 e. The highest BCUT2D eigenvalue weighted by molar-refractivity contribution is 5.77. The predicted octanol–water partition coefficient (Wildman–Crippen LogP) is 1.96. The van der Waals surface area contributed by atoms with Gasteiger partial charge in [-0.25, -0.2) is 0 Å². The Bertz CT molecular complexity index is 327. The molecule has 1 aromatic rings. The number of aromatic nitrogens is 1. The normalized spacial score (nSPS) is 13.6. The topological polar surface area (TPSA) is 25.2 Å². The molecule has 2 nitrogen and oxygen atoms in total. The fourth-order valence-electron chi connectivity index (χ4n) is 1.40. The molecule has 0 spiro atoms. The first-order chi connectivity index (χ1) is 5.29. The molecule has 0 fully saturated rings. The third-order valence-corrected chi connectivity index (χ3v) is 2.07. The van der Waals surface area contributed by atoms with Crippen molar-refractivity contribution < 1.29 is 0 Å². The maximum Gasteiger partial charge on any atom is 0.0876 e. The highest BCUT2D eigenvalue weighted by Crippen LogP contribution is 2.28. The first-order valence-electron chi connectivity index (χ1n) is 3.76. The van der Waals surface area contributed by atoms with E-state index in [1.807, 2.05) is 19.3 Å². The highest BCUT2D eigenvalue weighted by Gasteiger charge is 2.11. The lowest BCUT2D eigenvalue weighted by Crippen LogP contribution is -1.89. The zero-order valence-corrected chi connectivity index (χ0v) is 6.76. The third kappa shape index (κ3) is 0.862. The summed E-state index contributed by atoms with van der Waals surface area (Å²) in [6.07, 6.45) is 4.85. The van der Waals surface area contributed by atoms with Crippen LogP contribution in [-0.2, 0) is 6.42 Å². The minimum atomic E-state index is 0.977. The van der Waals surface area contributed by atoms with Gasteiger partial charge in [0.1, 0.15) is 0 Å². The molecule has 0 saturated heterocycles. The van der Waals surface area contributed by atoms with E-state index in [4.69, 9.17) is 0 Å². The summed E-state index contributed by atoms with van der Waals surface area (Å²) >= 11 is 0. The summed E-state index contributed by atoms with van der Waals surface area (Å²) in [7, 11) is 0. The molecule has 1 aliphatic rings. The molecule has 0 unspecified atom stereocenters. The van der Waals surface area contributed by atoms with E-state index in [2.05, 4.69) is 16.9 Å². The Morgan fingerprint density at radius 3 is 2.91 bits per heavy atom. The van der Waals surface area contributed by atoms with Crippen LogP contribution in [0.15, 0.2) is 11.2 Å². The molecule has 0 bridgehead atoms. The van der Waals surface area contributed by atoms with Crippen molar-refractivity contribution in [3.8, 4) is 0 Å². The summed E-state index contributed by atoms with van der Waals surface area (Å²) < 4.78 is 0. The van der Waals surface area contributed by atoms with Crippen LogP contribution in [0.1, 0.15) is 16.8 Å². The molecule has 0 amide bonds. The summed E-state index contributed by atoms with van der Waals surface area (Å²) in [6, 6.07) is 0. The zero-order chi connectivity index (χ0) is 7.84. The van der Waals surface area contributed by atoms with E-state index in [9.17, 15) is 0 Å². The minimum Gasteiger partial charge on any atom is -0.259 e. The van der Waals surface area contributed by atoms with Gasteiger partial charge in [-0.2, -0.15) is 0 Å². The van der Waals surface area contributed by atoms with Gasteiger partial charge in [-0.3, -0.25) is 9.98 Å². The molecule has 56 valence electrons. The van der Waals surface area contributed by atoms with Crippen LogP contribution >= 0.6 is 0 Å². The van der Waals surface area contributed by atoms with Crippen molar-refractivity contribution in [2.75, 3.05) is 0 Å². The minimum absolute atomic E-state index is 0.977. The summed E-state index contributed by atoms with van der Waals surface area (Å²) in [5.74, 6) is 0. The van der Waals surface area contributed by atoms with E-state index in [0.717, 1.165) is 17.8 Å². The Hall–Kier alpha value is -1.18. The predicted molar refractivity (Wildman–Crippen MR) is 45.6 cm³/mol. The van der Waals surface area contributed by atoms with Crippen LogP contribution in [0.3, 0.4) is 0 Å². The molecule has 1 aromatic heterocycles. The van der Waals surface area contributed by atoms with Crippen LogP contribution in [-0.4, -0.2) is 11.2 Å². The van der Waals surface area contributed by atoms with Gasteiger partial charge < -0.3 is 0 Å². The van der Waals surface area contributed by atoms with Crippen molar-refractivity contribution >= 4 is 11.9 Å². The highest BCUT2D eigenvalue weighted by atomic mass is 14.8. The number of rotatable bonds is 0. The molecule has 0 atom stereocenters. The fraction of sp³-hybridized carbons (Fsp3) is 0.333. The Morgan fingerprint density at radius 1 is 1.36 bits per heavy atom. The summed E-state index contributed by atoms with van der Waals surface area (Å²) in [5.41, 5.74) is 4.73. The maximum atomic E-state index is 4.27. The molecule has 0 saturated carbocycles. The summed E-state index contributed by atoms with van der Waals surface area (Å²) in [5, 5.41) is 0.